The van der Waals surface area contributed by atoms with Crippen LogP contribution in [0.1, 0.15) is 12.0 Å². The third kappa shape index (κ3) is 2.12. The summed E-state index contributed by atoms with van der Waals surface area (Å²) < 4.78 is 5.40. The van der Waals surface area contributed by atoms with Crippen molar-refractivity contribution in [2.45, 2.75) is 12.8 Å². The van der Waals surface area contributed by atoms with E-state index in [1.54, 1.807) is 7.11 Å². The third-order valence-electron chi connectivity index (χ3n) is 4.45. The van der Waals surface area contributed by atoms with Gasteiger partial charge in [-0.3, -0.25) is 0 Å². The minimum Gasteiger partial charge on any atom is -0.497 e. The van der Waals surface area contributed by atoms with E-state index in [0.29, 0.717) is 0 Å². The Morgan fingerprint density at radius 1 is 1.00 bits per heavy atom. The van der Waals surface area contributed by atoms with Gasteiger partial charge >= 0.3 is 0 Å². The predicted octanol–water partition coefficient (Wildman–Crippen LogP) is 4.87. The van der Waals surface area contributed by atoms with Crippen LogP contribution in [0.5, 0.6) is 5.75 Å². The molecule has 3 aromatic rings. The molecule has 2 heteroatoms. The minimum atomic E-state index is 0.912. The predicted molar refractivity (Wildman–Crippen MR) is 92.7 cm³/mol. The molecule has 1 aliphatic rings. The normalized spacial score (nSPS) is 13.5. The van der Waals surface area contributed by atoms with Crippen molar-refractivity contribution in [2.75, 3.05) is 19.0 Å². The fourth-order valence-corrected chi connectivity index (χ4v) is 3.36. The van der Waals surface area contributed by atoms with Crippen molar-refractivity contribution in [1.29, 1.82) is 0 Å². The molecule has 1 N–H and O–H groups in total. The molecule has 0 unspecified atom stereocenters. The first-order valence-electron chi connectivity index (χ1n) is 7.80. The van der Waals surface area contributed by atoms with Crippen molar-refractivity contribution in [2.24, 2.45) is 0 Å². The van der Waals surface area contributed by atoms with Gasteiger partial charge in [-0.25, -0.2) is 0 Å². The second-order valence-electron chi connectivity index (χ2n) is 5.76. The van der Waals surface area contributed by atoms with E-state index in [1.807, 2.05) is 6.07 Å². The number of ether oxygens (including phenoxy) is 1. The number of hydrogen-bond donors (Lipinski definition) is 1. The molecule has 4 rings (SSSR count). The van der Waals surface area contributed by atoms with E-state index in [2.05, 4.69) is 53.8 Å². The lowest BCUT2D eigenvalue weighted by Gasteiger charge is -2.24. The van der Waals surface area contributed by atoms with Gasteiger partial charge in [-0.2, -0.15) is 0 Å². The molecule has 1 heterocycles. The molecule has 110 valence electrons. The standard InChI is InChI=1S/C20H19NO/c1-22-16-10-9-15-12-18(14-6-3-2-4-7-14)17-8-5-11-21-20(17)19(15)13-16/h2-4,6-7,9-10,12-13,21H,5,8,11H2,1H3. The SMILES string of the molecule is COc1ccc2cc(-c3ccccc3)c3c(c2c1)NCCC3. The molecule has 0 atom stereocenters. The molecule has 0 spiro atoms. The molecule has 0 aromatic heterocycles. The van der Waals surface area contributed by atoms with Crippen molar-refractivity contribution in [3.05, 3.63) is 60.2 Å². The third-order valence-corrected chi connectivity index (χ3v) is 4.45. The van der Waals surface area contributed by atoms with Crippen LogP contribution in [0.25, 0.3) is 21.9 Å². The quantitative estimate of drug-likeness (QED) is 0.726. The molecular weight excluding hydrogens is 270 g/mol. The van der Waals surface area contributed by atoms with Crippen LogP contribution in [-0.4, -0.2) is 13.7 Å². The second kappa shape index (κ2) is 5.38. The maximum Gasteiger partial charge on any atom is 0.119 e. The lowest BCUT2D eigenvalue weighted by Crippen LogP contribution is -2.13. The lowest BCUT2D eigenvalue weighted by molar-refractivity contribution is 0.415. The maximum atomic E-state index is 5.40. The first kappa shape index (κ1) is 13.2. The Labute approximate surface area is 130 Å². The summed E-state index contributed by atoms with van der Waals surface area (Å²) in [4.78, 5) is 0. The van der Waals surface area contributed by atoms with Crippen LogP contribution < -0.4 is 10.1 Å². The van der Waals surface area contributed by atoms with Crippen LogP contribution in [0.4, 0.5) is 5.69 Å². The number of benzene rings is 3. The molecule has 0 aliphatic carbocycles. The summed E-state index contributed by atoms with van der Waals surface area (Å²) in [6.07, 6.45) is 2.31. The second-order valence-corrected chi connectivity index (χ2v) is 5.76. The topological polar surface area (TPSA) is 21.3 Å². The van der Waals surface area contributed by atoms with Gasteiger partial charge in [0.1, 0.15) is 5.75 Å². The minimum absolute atomic E-state index is 0.912. The van der Waals surface area contributed by atoms with E-state index in [4.69, 9.17) is 4.74 Å². The zero-order valence-corrected chi connectivity index (χ0v) is 12.7. The summed E-state index contributed by atoms with van der Waals surface area (Å²) in [6, 6.07) is 19.3. The molecular formula is C20H19NO. The molecule has 0 radical (unpaired) electrons. The average molecular weight is 289 g/mol. The van der Waals surface area contributed by atoms with Gasteiger partial charge in [0.05, 0.1) is 7.11 Å². The van der Waals surface area contributed by atoms with E-state index in [9.17, 15) is 0 Å². The van der Waals surface area contributed by atoms with Crippen molar-refractivity contribution in [3.63, 3.8) is 0 Å². The van der Waals surface area contributed by atoms with E-state index >= 15 is 0 Å². The Hall–Kier alpha value is -2.48. The highest BCUT2D eigenvalue weighted by molar-refractivity contribution is 6.01. The van der Waals surface area contributed by atoms with Crippen LogP contribution in [-0.2, 0) is 6.42 Å². The van der Waals surface area contributed by atoms with Crippen molar-refractivity contribution in [1.82, 2.24) is 0 Å². The summed E-state index contributed by atoms with van der Waals surface area (Å²) in [6.45, 7) is 1.04. The van der Waals surface area contributed by atoms with E-state index in [-0.39, 0.29) is 0 Å². The number of fused-ring (bicyclic) bond motifs is 3. The first-order valence-corrected chi connectivity index (χ1v) is 7.80. The molecule has 2 nitrogen and oxygen atoms in total. The highest BCUT2D eigenvalue weighted by atomic mass is 16.5. The summed E-state index contributed by atoms with van der Waals surface area (Å²) in [5.74, 6) is 0.912. The zero-order valence-electron chi connectivity index (χ0n) is 12.7. The Kier molecular flexibility index (Phi) is 3.23. The molecule has 0 saturated heterocycles. The lowest BCUT2D eigenvalue weighted by atomic mass is 9.89. The van der Waals surface area contributed by atoms with Gasteiger partial charge in [0.15, 0.2) is 0 Å². The Morgan fingerprint density at radius 2 is 1.86 bits per heavy atom. The van der Waals surface area contributed by atoms with E-state index in [0.717, 1.165) is 18.7 Å². The Morgan fingerprint density at radius 3 is 2.68 bits per heavy atom. The van der Waals surface area contributed by atoms with Gasteiger partial charge < -0.3 is 10.1 Å². The van der Waals surface area contributed by atoms with Gasteiger partial charge in [-0.1, -0.05) is 36.4 Å². The monoisotopic (exact) mass is 289 g/mol. The number of nitrogens with one attached hydrogen (secondary N) is 1. The molecule has 0 amide bonds. The molecule has 0 saturated carbocycles. The summed E-state index contributed by atoms with van der Waals surface area (Å²) in [5, 5.41) is 6.13. The highest BCUT2D eigenvalue weighted by Gasteiger charge is 2.17. The van der Waals surface area contributed by atoms with Crippen molar-refractivity contribution >= 4 is 16.5 Å². The summed E-state index contributed by atoms with van der Waals surface area (Å²) in [5.41, 5.74) is 5.35. The van der Waals surface area contributed by atoms with Crippen LogP contribution in [0.3, 0.4) is 0 Å². The Balaban J connectivity index is 2.02. The molecule has 0 bridgehead atoms. The van der Waals surface area contributed by atoms with Gasteiger partial charge in [0, 0.05) is 17.6 Å². The van der Waals surface area contributed by atoms with Crippen LogP contribution in [0.2, 0.25) is 0 Å². The smallest absolute Gasteiger partial charge is 0.119 e. The maximum absolute atomic E-state index is 5.40. The Bertz CT molecular complexity index is 824. The molecule has 3 aromatic carbocycles. The molecule has 1 aliphatic heterocycles. The number of anilines is 1. The van der Waals surface area contributed by atoms with Gasteiger partial charge in [0.2, 0.25) is 0 Å². The van der Waals surface area contributed by atoms with Gasteiger partial charge in [-0.15, -0.1) is 0 Å². The largest absolute Gasteiger partial charge is 0.497 e. The summed E-state index contributed by atoms with van der Waals surface area (Å²) in [7, 11) is 1.72. The van der Waals surface area contributed by atoms with Crippen LogP contribution >= 0.6 is 0 Å². The zero-order chi connectivity index (χ0) is 14.9. The molecule has 0 fully saturated rings. The fourth-order valence-electron chi connectivity index (χ4n) is 3.36. The fraction of sp³-hybridized carbons (Fsp3) is 0.200. The average Bonchev–Trinajstić information content (AvgIpc) is 2.61. The van der Waals surface area contributed by atoms with E-state index < -0.39 is 0 Å². The van der Waals surface area contributed by atoms with Crippen LogP contribution in [0, 0.1) is 0 Å². The highest BCUT2D eigenvalue weighted by Crippen LogP contribution is 2.39. The van der Waals surface area contributed by atoms with E-state index in [1.165, 1.54) is 39.6 Å². The molecule has 22 heavy (non-hydrogen) atoms. The number of rotatable bonds is 2. The van der Waals surface area contributed by atoms with Crippen molar-refractivity contribution < 1.29 is 4.74 Å². The van der Waals surface area contributed by atoms with Crippen molar-refractivity contribution in [3.8, 4) is 16.9 Å². The van der Waals surface area contributed by atoms with Crippen LogP contribution in [0.15, 0.2) is 54.6 Å². The van der Waals surface area contributed by atoms with Gasteiger partial charge in [0.25, 0.3) is 0 Å². The number of methoxy groups -OCH3 is 1. The first-order chi connectivity index (χ1) is 10.9. The number of hydrogen-bond acceptors (Lipinski definition) is 2. The summed E-state index contributed by atoms with van der Waals surface area (Å²) >= 11 is 0. The van der Waals surface area contributed by atoms with Gasteiger partial charge in [-0.05, 0) is 53.1 Å².